The number of hydrogen-bond acceptors (Lipinski definition) is 3. The van der Waals surface area contributed by atoms with E-state index in [0.29, 0.717) is 12.0 Å². The summed E-state index contributed by atoms with van der Waals surface area (Å²) in [6, 6.07) is 5.92. The first kappa shape index (κ1) is 16.4. The summed E-state index contributed by atoms with van der Waals surface area (Å²) in [5.74, 6) is 0.505. The lowest BCUT2D eigenvalue weighted by molar-refractivity contribution is -0.385. The maximum atomic E-state index is 11.2. The maximum Gasteiger partial charge on any atom is 0.273 e. The average Bonchev–Trinajstić information content (AvgIpc) is 2.48. The highest BCUT2D eigenvalue weighted by molar-refractivity contribution is 9.10. The van der Waals surface area contributed by atoms with Gasteiger partial charge in [0.15, 0.2) is 0 Å². The first-order valence-corrected chi connectivity index (χ1v) is 8.57. The number of benzene rings is 1. The Hall–Kier alpha value is -0.940. The van der Waals surface area contributed by atoms with Crippen molar-refractivity contribution in [2.45, 2.75) is 51.5 Å². The molecule has 0 aromatic heterocycles. The first-order valence-electron chi connectivity index (χ1n) is 7.78. The third-order valence-electron chi connectivity index (χ3n) is 4.29. The predicted octanol–water partition coefficient (Wildman–Crippen LogP) is 4.46. The Labute approximate surface area is 134 Å². The Bertz CT molecular complexity index is 493. The van der Waals surface area contributed by atoms with Crippen LogP contribution in [0.15, 0.2) is 22.7 Å². The molecular weight excluding hydrogens is 332 g/mol. The Balaban J connectivity index is 2.13. The van der Waals surface area contributed by atoms with E-state index in [2.05, 4.69) is 28.2 Å². The summed E-state index contributed by atoms with van der Waals surface area (Å²) in [5.41, 5.74) is 1.10. The van der Waals surface area contributed by atoms with Crippen molar-refractivity contribution >= 4 is 21.6 Å². The number of nitro groups is 1. The van der Waals surface area contributed by atoms with Gasteiger partial charge in [0.25, 0.3) is 5.69 Å². The van der Waals surface area contributed by atoms with E-state index in [1.807, 2.05) is 12.1 Å². The number of nitrogens with one attached hydrogen (secondary N) is 1. The number of rotatable bonds is 6. The molecule has 116 valence electrons. The topological polar surface area (TPSA) is 55.2 Å². The average molecular weight is 355 g/mol. The van der Waals surface area contributed by atoms with Crippen LogP contribution in [-0.2, 0) is 6.42 Å². The smallest absolute Gasteiger partial charge is 0.273 e. The third-order valence-corrected chi connectivity index (χ3v) is 4.79. The largest absolute Gasteiger partial charge is 0.314 e. The van der Waals surface area contributed by atoms with Crippen molar-refractivity contribution in [3.05, 3.63) is 38.3 Å². The molecule has 2 rings (SSSR count). The summed E-state index contributed by atoms with van der Waals surface area (Å²) in [4.78, 5) is 11.0. The van der Waals surface area contributed by atoms with Gasteiger partial charge in [-0.1, -0.05) is 41.8 Å². The summed E-state index contributed by atoms with van der Waals surface area (Å²) in [6.45, 7) is 3.20. The van der Waals surface area contributed by atoms with Crippen LogP contribution >= 0.6 is 15.9 Å². The molecule has 21 heavy (non-hydrogen) atoms. The van der Waals surface area contributed by atoms with Gasteiger partial charge < -0.3 is 5.32 Å². The lowest BCUT2D eigenvalue weighted by Crippen LogP contribution is -2.39. The standard InChI is InChI=1S/C16H23BrN2O2/c1-2-9-18-15-6-4-3-5-12(15)10-13-7-8-14(17)11-16(13)19(20)21/h7-8,11-12,15,18H,2-6,9-10H2,1H3. The van der Waals surface area contributed by atoms with E-state index >= 15 is 0 Å². The molecule has 1 aliphatic rings. The number of nitrogens with zero attached hydrogens (tertiary/aromatic N) is 1. The van der Waals surface area contributed by atoms with E-state index in [4.69, 9.17) is 0 Å². The van der Waals surface area contributed by atoms with Gasteiger partial charge in [-0.3, -0.25) is 10.1 Å². The fraction of sp³-hybridized carbons (Fsp3) is 0.625. The first-order chi connectivity index (χ1) is 10.1. The van der Waals surface area contributed by atoms with Crippen LogP contribution in [0.1, 0.15) is 44.6 Å². The van der Waals surface area contributed by atoms with Crippen LogP contribution in [0, 0.1) is 16.0 Å². The third kappa shape index (κ3) is 4.51. The maximum absolute atomic E-state index is 11.2. The number of halogens is 1. The van der Waals surface area contributed by atoms with E-state index in [1.165, 1.54) is 19.3 Å². The molecule has 4 nitrogen and oxygen atoms in total. The molecule has 1 N–H and O–H groups in total. The highest BCUT2D eigenvalue weighted by Gasteiger charge is 2.27. The van der Waals surface area contributed by atoms with E-state index in [9.17, 15) is 10.1 Å². The molecule has 0 heterocycles. The molecule has 0 amide bonds. The zero-order valence-corrected chi connectivity index (χ0v) is 14.1. The van der Waals surface area contributed by atoms with Gasteiger partial charge in [0.1, 0.15) is 0 Å². The molecule has 1 saturated carbocycles. The van der Waals surface area contributed by atoms with Crippen molar-refractivity contribution in [2.75, 3.05) is 6.54 Å². The van der Waals surface area contributed by atoms with Crippen LogP contribution in [0.25, 0.3) is 0 Å². The summed E-state index contributed by atoms with van der Waals surface area (Å²) in [7, 11) is 0. The lowest BCUT2D eigenvalue weighted by Gasteiger charge is -2.32. The fourth-order valence-electron chi connectivity index (χ4n) is 3.21. The van der Waals surface area contributed by atoms with Gasteiger partial charge in [0, 0.05) is 22.1 Å². The molecule has 1 aromatic carbocycles. The van der Waals surface area contributed by atoms with Crippen molar-refractivity contribution in [2.24, 2.45) is 5.92 Å². The van der Waals surface area contributed by atoms with Gasteiger partial charge in [-0.15, -0.1) is 0 Å². The lowest BCUT2D eigenvalue weighted by atomic mass is 9.80. The van der Waals surface area contributed by atoms with Gasteiger partial charge in [0.2, 0.25) is 0 Å². The number of hydrogen-bond donors (Lipinski definition) is 1. The van der Waals surface area contributed by atoms with Crippen molar-refractivity contribution in [1.29, 1.82) is 0 Å². The second-order valence-corrected chi connectivity index (χ2v) is 6.76. The normalized spacial score (nSPS) is 22.2. The van der Waals surface area contributed by atoms with E-state index < -0.39 is 0 Å². The van der Waals surface area contributed by atoms with E-state index in [-0.39, 0.29) is 10.6 Å². The second-order valence-electron chi connectivity index (χ2n) is 5.84. The van der Waals surface area contributed by atoms with Crippen LogP contribution < -0.4 is 5.32 Å². The molecule has 0 spiro atoms. The molecule has 0 saturated heterocycles. The van der Waals surface area contributed by atoms with Gasteiger partial charge in [-0.25, -0.2) is 0 Å². The molecule has 5 heteroatoms. The molecule has 0 bridgehead atoms. The Morgan fingerprint density at radius 3 is 2.86 bits per heavy atom. The summed E-state index contributed by atoms with van der Waals surface area (Å²) >= 11 is 3.32. The summed E-state index contributed by atoms with van der Waals surface area (Å²) in [6.07, 6.45) is 6.77. The molecule has 1 aromatic rings. The molecule has 0 aliphatic heterocycles. The quantitative estimate of drug-likeness (QED) is 0.606. The fourth-order valence-corrected chi connectivity index (χ4v) is 3.56. The minimum absolute atomic E-state index is 0.240. The van der Waals surface area contributed by atoms with Crippen molar-refractivity contribution in [1.82, 2.24) is 5.32 Å². The Morgan fingerprint density at radius 1 is 1.38 bits per heavy atom. The van der Waals surface area contributed by atoms with E-state index in [1.54, 1.807) is 6.07 Å². The van der Waals surface area contributed by atoms with Gasteiger partial charge in [-0.05, 0) is 44.2 Å². The van der Waals surface area contributed by atoms with Crippen LogP contribution in [0.4, 0.5) is 5.69 Å². The SMILES string of the molecule is CCCNC1CCCCC1Cc1ccc(Br)cc1[N+](=O)[O-]. The zero-order valence-electron chi connectivity index (χ0n) is 12.5. The highest BCUT2D eigenvalue weighted by atomic mass is 79.9. The van der Waals surface area contributed by atoms with Crippen molar-refractivity contribution in [3.63, 3.8) is 0 Å². The Kier molecular flexibility index (Phi) is 6.18. The molecule has 1 aliphatic carbocycles. The van der Waals surface area contributed by atoms with Gasteiger partial charge in [-0.2, -0.15) is 0 Å². The van der Waals surface area contributed by atoms with Crippen LogP contribution in [-0.4, -0.2) is 17.5 Å². The minimum Gasteiger partial charge on any atom is -0.314 e. The molecule has 2 atom stereocenters. The molecule has 1 fully saturated rings. The Morgan fingerprint density at radius 2 is 2.14 bits per heavy atom. The summed E-state index contributed by atoms with van der Waals surface area (Å²) in [5, 5.41) is 14.9. The monoisotopic (exact) mass is 354 g/mol. The zero-order chi connectivity index (χ0) is 15.2. The van der Waals surface area contributed by atoms with Gasteiger partial charge >= 0.3 is 0 Å². The molecule has 0 radical (unpaired) electrons. The van der Waals surface area contributed by atoms with Crippen LogP contribution in [0.5, 0.6) is 0 Å². The predicted molar refractivity (Wildman–Crippen MR) is 88.5 cm³/mol. The van der Waals surface area contributed by atoms with E-state index in [0.717, 1.165) is 35.8 Å². The molecular formula is C16H23BrN2O2. The minimum atomic E-state index is -0.266. The molecule has 2 unspecified atom stereocenters. The highest BCUT2D eigenvalue weighted by Crippen LogP contribution is 2.32. The van der Waals surface area contributed by atoms with Crippen LogP contribution in [0.3, 0.4) is 0 Å². The second kappa shape index (κ2) is 7.90. The van der Waals surface area contributed by atoms with Crippen molar-refractivity contribution < 1.29 is 4.92 Å². The number of nitro benzene ring substituents is 1. The van der Waals surface area contributed by atoms with Crippen molar-refractivity contribution in [3.8, 4) is 0 Å². The van der Waals surface area contributed by atoms with Crippen LogP contribution in [0.2, 0.25) is 0 Å². The summed E-state index contributed by atoms with van der Waals surface area (Å²) < 4.78 is 0.766. The van der Waals surface area contributed by atoms with Gasteiger partial charge in [0.05, 0.1) is 4.92 Å².